The zero-order valence-electron chi connectivity index (χ0n) is 10.8. The van der Waals surface area contributed by atoms with E-state index in [1.807, 2.05) is 6.07 Å². The van der Waals surface area contributed by atoms with E-state index in [4.69, 9.17) is 10.4 Å². The Balaban J connectivity index is 4.74. The van der Waals surface area contributed by atoms with E-state index in [0.29, 0.717) is 13.1 Å². The number of carboxylic acid groups (broad SMARTS) is 1. The fraction of sp³-hybridized carbons (Fsp3) is 0.583. The van der Waals surface area contributed by atoms with E-state index >= 15 is 0 Å². The van der Waals surface area contributed by atoms with Crippen LogP contribution < -0.4 is 0 Å². The van der Waals surface area contributed by atoms with Crippen molar-refractivity contribution in [2.45, 2.75) is 13.8 Å². The molecule has 0 spiro atoms. The monoisotopic (exact) mass is 253 g/mol. The van der Waals surface area contributed by atoms with Gasteiger partial charge in [-0.3, -0.25) is 4.79 Å². The summed E-state index contributed by atoms with van der Waals surface area (Å²) < 4.78 is 0. The molecule has 0 aliphatic heterocycles. The van der Waals surface area contributed by atoms with Crippen LogP contribution in [-0.4, -0.2) is 53.1 Å². The minimum Gasteiger partial charge on any atom is -0.480 e. The van der Waals surface area contributed by atoms with Crippen LogP contribution >= 0.6 is 0 Å². The zero-order valence-corrected chi connectivity index (χ0v) is 10.8. The van der Waals surface area contributed by atoms with E-state index in [0.717, 1.165) is 0 Å². The molecule has 0 radical (unpaired) electrons. The standard InChI is InChI=1S/C12H19N3O3/c1-4-6-15(9-11(16)17)12(18)14(5-2)8-10(3)7-13/h4,10H,1,5-6,8-9H2,2-3H3,(H,16,17). The molecule has 0 aliphatic rings. The van der Waals surface area contributed by atoms with Crippen LogP contribution in [0.5, 0.6) is 0 Å². The number of carbonyl (C=O) groups excluding carboxylic acids is 1. The number of hydrogen-bond acceptors (Lipinski definition) is 3. The average Bonchev–Trinajstić information content (AvgIpc) is 2.33. The second-order valence-electron chi connectivity index (χ2n) is 3.91. The van der Waals surface area contributed by atoms with Crippen molar-refractivity contribution >= 4 is 12.0 Å². The molecule has 0 saturated carbocycles. The molecule has 18 heavy (non-hydrogen) atoms. The lowest BCUT2D eigenvalue weighted by Gasteiger charge is -2.28. The van der Waals surface area contributed by atoms with Crippen molar-refractivity contribution < 1.29 is 14.7 Å². The number of carboxylic acids is 1. The Bertz CT molecular complexity index is 349. The molecule has 0 fully saturated rings. The molecule has 6 heteroatoms. The van der Waals surface area contributed by atoms with Crippen molar-refractivity contribution in [2.24, 2.45) is 5.92 Å². The maximum Gasteiger partial charge on any atom is 0.323 e. The molecule has 2 amide bonds. The van der Waals surface area contributed by atoms with Gasteiger partial charge in [0.05, 0.1) is 12.0 Å². The van der Waals surface area contributed by atoms with Crippen LogP contribution in [0.3, 0.4) is 0 Å². The first-order valence-corrected chi connectivity index (χ1v) is 5.72. The Kier molecular flexibility index (Phi) is 7.20. The van der Waals surface area contributed by atoms with Crippen molar-refractivity contribution in [3.8, 4) is 6.07 Å². The number of carbonyl (C=O) groups is 2. The number of urea groups is 1. The van der Waals surface area contributed by atoms with Gasteiger partial charge in [-0.15, -0.1) is 6.58 Å². The van der Waals surface area contributed by atoms with Crippen LogP contribution in [0.25, 0.3) is 0 Å². The van der Waals surface area contributed by atoms with Crippen LogP contribution in [0.1, 0.15) is 13.8 Å². The Morgan fingerprint density at radius 3 is 2.50 bits per heavy atom. The number of rotatable bonds is 7. The van der Waals surface area contributed by atoms with Gasteiger partial charge >= 0.3 is 12.0 Å². The first-order valence-electron chi connectivity index (χ1n) is 5.72. The summed E-state index contributed by atoms with van der Waals surface area (Å²) in [7, 11) is 0. The molecule has 0 heterocycles. The highest BCUT2D eigenvalue weighted by molar-refractivity contribution is 5.80. The fourth-order valence-corrected chi connectivity index (χ4v) is 1.44. The quantitative estimate of drug-likeness (QED) is 0.690. The van der Waals surface area contributed by atoms with E-state index in [1.54, 1.807) is 13.8 Å². The first kappa shape index (κ1) is 16.0. The molecular formula is C12H19N3O3. The van der Waals surface area contributed by atoms with Crippen molar-refractivity contribution in [1.82, 2.24) is 9.80 Å². The van der Waals surface area contributed by atoms with Gasteiger partial charge in [0.15, 0.2) is 0 Å². The number of amides is 2. The first-order chi connectivity index (χ1) is 8.46. The maximum absolute atomic E-state index is 12.1. The van der Waals surface area contributed by atoms with Crippen molar-refractivity contribution in [2.75, 3.05) is 26.2 Å². The summed E-state index contributed by atoms with van der Waals surface area (Å²) in [6.45, 7) is 7.51. The Labute approximate surface area is 107 Å². The average molecular weight is 253 g/mol. The molecule has 0 aromatic heterocycles. The third-order valence-electron chi connectivity index (χ3n) is 2.31. The van der Waals surface area contributed by atoms with E-state index in [2.05, 4.69) is 6.58 Å². The Hall–Kier alpha value is -2.03. The third-order valence-corrected chi connectivity index (χ3v) is 2.31. The molecule has 0 saturated heterocycles. The summed E-state index contributed by atoms with van der Waals surface area (Å²) in [4.78, 5) is 25.4. The normalized spacial score (nSPS) is 11.2. The zero-order chi connectivity index (χ0) is 14.1. The van der Waals surface area contributed by atoms with Crippen LogP contribution in [0.4, 0.5) is 4.79 Å². The van der Waals surface area contributed by atoms with Gasteiger partial charge in [-0.1, -0.05) is 6.08 Å². The minimum atomic E-state index is -1.07. The summed E-state index contributed by atoms with van der Waals surface area (Å²) in [5.74, 6) is -1.36. The van der Waals surface area contributed by atoms with Crippen LogP contribution in [0.2, 0.25) is 0 Å². The summed E-state index contributed by atoms with van der Waals surface area (Å²) >= 11 is 0. The molecule has 0 aliphatic carbocycles. The summed E-state index contributed by atoms with van der Waals surface area (Å²) in [6.07, 6.45) is 1.47. The van der Waals surface area contributed by atoms with E-state index in [1.165, 1.54) is 15.9 Å². The lowest BCUT2D eigenvalue weighted by atomic mass is 10.2. The predicted molar refractivity (Wildman–Crippen MR) is 66.8 cm³/mol. The third kappa shape index (κ3) is 5.34. The molecule has 0 bridgehead atoms. The fourth-order valence-electron chi connectivity index (χ4n) is 1.44. The molecule has 1 atom stereocenters. The highest BCUT2D eigenvalue weighted by Crippen LogP contribution is 2.04. The Morgan fingerprint density at radius 1 is 1.50 bits per heavy atom. The van der Waals surface area contributed by atoms with Gasteiger partial charge < -0.3 is 14.9 Å². The Morgan fingerprint density at radius 2 is 2.11 bits per heavy atom. The molecule has 6 nitrogen and oxygen atoms in total. The van der Waals surface area contributed by atoms with Gasteiger partial charge in [-0.25, -0.2) is 4.79 Å². The summed E-state index contributed by atoms with van der Waals surface area (Å²) in [6, 6.07) is 1.66. The molecule has 1 N–H and O–H groups in total. The van der Waals surface area contributed by atoms with Gasteiger partial charge in [0.2, 0.25) is 0 Å². The summed E-state index contributed by atoms with van der Waals surface area (Å²) in [5.41, 5.74) is 0. The van der Waals surface area contributed by atoms with Gasteiger partial charge in [0, 0.05) is 19.6 Å². The van der Waals surface area contributed by atoms with E-state index in [9.17, 15) is 9.59 Å². The second kappa shape index (κ2) is 8.12. The minimum absolute atomic E-state index is 0.169. The highest BCUT2D eigenvalue weighted by Gasteiger charge is 2.22. The maximum atomic E-state index is 12.1. The topological polar surface area (TPSA) is 84.6 Å². The molecule has 100 valence electrons. The van der Waals surface area contributed by atoms with Gasteiger partial charge in [0.25, 0.3) is 0 Å². The SMILES string of the molecule is C=CCN(CC(=O)O)C(=O)N(CC)CC(C)C#N. The van der Waals surface area contributed by atoms with Gasteiger partial charge in [-0.05, 0) is 13.8 Å². The van der Waals surface area contributed by atoms with Crippen molar-refractivity contribution in [1.29, 1.82) is 5.26 Å². The number of aliphatic carboxylic acids is 1. The predicted octanol–water partition coefficient (Wildman–Crippen LogP) is 1.16. The smallest absolute Gasteiger partial charge is 0.323 e. The lowest BCUT2D eigenvalue weighted by Crippen LogP contribution is -2.46. The number of hydrogen-bond donors (Lipinski definition) is 1. The summed E-state index contributed by atoms with van der Waals surface area (Å²) in [5, 5.41) is 17.5. The van der Waals surface area contributed by atoms with Crippen LogP contribution in [-0.2, 0) is 4.79 Å². The number of nitriles is 1. The van der Waals surface area contributed by atoms with E-state index < -0.39 is 5.97 Å². The van der Waals surface area contributed by atoms with Gasteiger partial charge in [0.1, 0.15) is 6.54 Å². The second-order valence-corrected chi connectivity index (χ2v) is 3.91. The van der Waals surface area contributed by atoms with E-state index in [-0.39, 0.29) is 25.0 Å². The molecule has 0 rings (SSSR count). The van der Waals surface area contributed by atoms with Crippen molar-refractivity contribution in [3.63, 3.8) is 0 Å². The number of nitrogens with zero attached hydrogens (tertiary/aromatic N) is 3. The molecular weight excluding hydrogens is 234 g/mol. The molecule has 0 aromatic rings. The molecule has 0 aromatic carbocycles. The molecule has 1 unspecified atom stereocenters. The van der Waals surface area contributed by atoms with Crippen LogP contribution in [0.15, 0.2) is 12.7 Å². The highest BCUT2D eigenvalue weighted by atomic mass is 16.4. The van der Waals surface area contributed by atoms with Gasteiger partial charge in [-0.2, -0.15) is 5.26 Å². The lowest BCUT2D eigenvalue weighted by molar-refractivity contribution is -0.137. The largest absolute Gasteiger partial charge is 0.480 e. The van der Waals surface area contributed by atoms with Crippen molar-refractivity contribution in [3.05, 3.63) is 12.7 Å². The van der Waals surface area contributed by atoms with Crippen LogP contribution in [0, 0.1) is 17.2 Å².